The smallest absolute Gasteiger partial charge is 0.139 e. The van der Waals surface area contributed by atoms with Gasteiger partial charge in [0.2, 0.25) is 0 Å². The summed E-state index contributed by atoms with van der Waals surface area (Å²) in [5, 5.41) is 14.0. The van der Waals surface area contributed by atoms with Crippen LogP contribution in [0.15, 0.2) is 54.7 Å². The minimum atomic E-state index is 0.252. The van der Waals surface area contributed by atoms with Crippen LogP contribution in [0.1, 0.15) is 0 Å². The number of aromatic nitrogens is 1. The van der Waals surface area contributed by atoms with Crippen molar-refractivity contribution in [3.05, 3.63) is 54.7 Å². The molecule has 0 saturated carbocycles. The zero-order chi connectivity index (χ0) is 11.7. The van der Waals surface area contributed by atoms with Crippen LogP contribution in [0.4, 0.5) is 11.4 Å². The third kappa shape index (κ3) is 1.83. The molecule has 3 heteroatoms. The number of aromatic amines is 1. The maximum Gasteiger partial charge on any atom is 0.139 e. The highest BCUT2D eigenvalue weighted by Crippen LogP contribution is 2.27. The second-order valence-electron chi connectivity index (χ2n) is 3.92. The van der Waals surface area contributed by atoms with E-state index >= 15 is 0 Å². The number of hydrogen-bond acceptors (Lipinski definition) is 2. The van der Waals surface area contributed by atoms with Gasteiger partial charge in [0, 0.05) is 22.8 Å². The van der Waals surface area contributed by atoms with E-state index in [0.29, 0.717) is 5.69 Å². The highest BCUT2D eigenvalue weighted by atomic mass is 16.3. The van der Waals surface area contributed by atoms with Gasteiger partial charge in [-0.25, -0.2) is 0 Å². The molecule has 2 aromatic carbocycles. The highest BCUT2D eigenvalue weighted by Gasteiger charge is 2.01. The van der Waals surface area contributed by atoms with Gasteiger partial charge < -0.3 is 15.4 Å². The molecule has 3 rings (SSSR count). The van der Waals surface area contributed by atoms with E-state index in [-0.39, 0.29) is 5.75 Å². The number of H-pyrrole nitrogens is 1. The minimum absolute atomic E-state index is 0.252. The summed E-state index contributed by atoms with van der Waals surface area (Å²) in [6.45, 7) is 0. The van der Waals surface area contributed by atoms with Gasteiger partial charge >= 0.3 is 0 Å². The third-order valence-electron chi connectivity index (χ3n) is 2.74. The Labute approximate surface area is 98.7 Å². The highest BCUT2D eigenvalue weighted by molar-refractivity contribution is 5.84. The van der Waals surface area contributed by atoms with Gasteiger partial charge in [-0.3, -0.25) is 0 Å². The lowest BCUT2D eigenvalue weighted by atomic mass is 10.2. The number of anilines is 2. The molecule has 0 radical (unpaired) electrons. The molecule has 1 heterocycles. The maximum absolute atomic E-state index is 9.68. The van der Waals surface area contributed by atoms with E-state index < -0.39 is 0 Å². The largest absolute Gasteiger partial charge is 0.506 e. The van der Waals surface area contributed by atoms with Gasteiger partial charge in [-0.1, -0.05) is 12.1 Å². The number of hydrogen-bond donors (Lipinski definition) is 3. The van der Waals surface area contributed by atoms with Crippen LogP contribution in [0.25, 0.3) is 10.9 Å². The molecule has 17 heavy (non-hydrogen) atoms. The van der Waals surface area contributed by atoms with Crippen LogP contribution in [-0.2, 0) is 0 Å². The number of phenols is 1. The lowest BCUT2D eigenvalue weighted by Crippen LogP contribution is -1.89. The van der Waals surface area contributed by atoms with Crippen molar-refractivity contribution in [1.82, 2.24) is 4.98 Å². The Balaban J connectivity index is 1.97. The molecule has 1 aromatic heterocycles. The summed E-state index contributed by atoms with van der Waals surface area (Å²) in [5.74, 6) is 0.252. The molecule has 0 atom stereocenters. The molecule has 0 aliphatic rings. The van der Waals surface area contributed by atoms with Gasteiger partial charge in [0.1, 0.15) is 5.75 Å². The molecule has 0 spiro atoms. The van der Waals surface area contributed by atoms with E-state index in [1.165, 1.54) is 0 Å². The van der Waals surface area contributed by atoms with Crippen LogP contribution in [-0.4, -0.2) is 10.1 Å². The first-order valence-electron chi connectivity index (χ1n) is 5.45. The molecule has 3 N–H and O–H groups in total. The SMILES string of the molecule is Oc1ccccc1Nc1ccc2[nH]ccc2c1. The van der Waals surface area contributed by atoms with Crippen LogP contribution in [0.3, 0.4) is 0 Å². The molecule has 0 aliphatic heterocycles. The second-order valence-corrected chi connectivity index (χ2v) is 3.92. The number of benzene rings is 2. The van der Waals surface area contributed by atoms with Crippen LogP contribution in [0.5, 0.6) is 5.75 Å². The molecule has 84 valence electrons. The summed E-state index contributed by atoms with van der Waals surface area (Å²) >= 11 is 0. The van der Waals surface area contributed by atoms with Crippen molar-refractivity contribution >= 4 is 22.3 Å². The molecule has 3 nitrogen and oxygen atoms in total. The monoisotopic (exact) mass is 224 g/mol. The molecule has 0 unspecified atom stereocenters. The molecule has 0 bridgehead atoms. The Hall–Kier alpha value is -2.42. The van der Waals surface area contributed by atoms with Crippen LogP contribution in [0.2, 0.25) is 0 Å². The molecule has 3 aromatic rings. The van der Waals surface area contributed by atoms with Crippen LogP contribution in [0, 0.1) is 0 Å². The molecular weight excluding hydrogens is 212 g/mol. The summed E-state index contributed by atoms with van der Waals surface area (Å²) in [4.78, 5) is 3.14. The summed E-state index contributed by atoms with van der Waals surface area (Å²) in [6.07, 6.45) is 1.91. The first kappa shape index (κ1) is 9.78. The van der Waals surface area contributed by atoms with E-state index in [2.05, 4.69) is 10.3 Å². The van der Waals surface area contributed by atoms with E-state index in [0.717, 1.165) is 16.6 Å². The van der Waals surface area contributed by atoms with Crippen molar-refractivity contribution in [3.8, 4) is 5.75 Å². The Morgan fingerprint density at radius 3 is 2.76 bits per heavy atom. The normalized spacial score (nSPS) is 10.6. The molecule has 0 amide bonds. The average molecular weight is 224 g/mol. The molecule has 0 aliphatic carbocycles. The summed E-state index contributed by atoms with van der Waals surface area (Å²) < 4.78 is 0. The fourth-order valence-corrected chi connectivity index (χ4v) is 1.87. The summed E-state index contributed by atoms with van der Waals surface area (Å²) in [5.41, 5.74) is 2.77. The molecule has 0 saturated heterocycles. The number of rotatable bonds is 2. The van der Waals surface area contributed by atoms with E-state index in [9.17, 15) is 5.11 Å². The summed E-state index contributed by atoms with van der Waals surface area (Å²) in [6, 6.07) is 15.2. The van der Waals surface area contributed by atoms with Gasteiger partial charge in [-0.05, 0) is 36.4 Å². The van der Waals surface area contributed by atoms with Gasteiger partial charge in [0.25, 0.3) is 0 Å². The van der Waals surface area contributed by atoms with E-state index in [1.54, 1.807) is 12.1 Å². The van der Waals surface area contributed by atoms with Crippen molar-refractivity contribution in [1.29, 1.82) is 0 Å². The predicted molar refractivity (Wildman–Crippen MR) is 69.7 cm³/mol. The Morgan fingerprint density at radius 2 is 1.88 bits per heavy atom. The van der Waals surface area contributed by atoms with Crippen LogP contribution < -0.4 is 5.32 Å². The summed E-state index contributed by atoms with van der Waals surface area (Å²) in [7, 11) is 0. The van der Waals surface area contributed by atoms with Gasteiger partial charge in [0.05, 0.1) is 5.69 Å². The Kier molecular flexibility index (Phi) is 2.22. The molecule has 0 fully saturated rings. The van der Waals surface area contributed by atoms with Crippen molar-refractivity contribution in [2.45, 2.75) is 0 Å². The first-order valence-corrected chi connectivity index (χ1v) is 5.45. The fraction of sp³-hybridized carbons (Fsp3) is 0. The van der Waals surface area contributed by atoms with Crippen molar-refractivity contribution < 1.29 is 5.11 Å². The number of para-hydroxylation sites is 2. The van der Waals surface area contributed by atoms with Gasteiger partial charge in [0.15, 0.2) is 0 Å². The number of fused-ring (bicyclic) bond motifs is 1. The predicted octanol–water partition coefficient (Wildman–Crippen LogP) is 3.62. The fourth-order valence-electron chi connectivity index (χ4n) is 1.87. The number of phenolic OH excluding ortho intramolecular Hbond substituents is 1. The zero-order valence-corrected chi connectivity index (χ0v) is 9.14. The average Bonchev–Trinajstić information content (AvgIpc) is 2.79. The van der Waals surface area contributed by atoms with Crippen molar-refractivity contribution in [2.24, 2.45) is 0 Å². The lowest BCUT2D eigenvalue weighted by molar-refractivity contribution is 0.478. The van der Waals surface area contributed by atoms with Crippen molar-refractivity contribution in [2.75, 3.05) is 5.32 Å². The number of nitrogens with one attached hydrogen (secondary N) is 2. The lowest BCUT2D eigenvalue weighted by Gasteiger charge is -2.08. The van der Waals surface area contributed by atoms with Crippen molar-refractivity contribution in [3.63, 3.8) is 0 Å². The molecular formula is C14H12N2O. The topological polar surface area (TPSA) is 48.0 Å². The van der Waals surface area contributed by atoms with E-state index in [4.69, 9.17) is 0 Å². The standard InChI is InChI=1S/C14H12N2O/c17-14-4-2-1-3-13(14)16-11-5-6-12-10(9-11)7-8-15-12/h1-9,15-17H. The Bertz CT molecular complexity index is 658. The zero-order valence-electron chi connectivity index (χ0n) is 9.14. The first-order chi connectivity index (χ1) is 8.33. The van der Waals surface area contributed by atoms with Crippen LogP contribution >= 0.6 is 0 Å². The number of aromatic hydroxyl groups is 1. The van der Waals surface area contributed by atoms with Gasteiger partial charge in [-0.2, -0.15) is 0 Å². The Morgan fingerprint density at radius 1 is 1.00 bits per heavy atom. The quantitative estimate of drug-likeness (QED) is 0.582. The second kappa shape index (κ2) is 3.87. The minimum Gasteiger partial charge on any atom is -0.506 e. The maximum atomic E-state index is 9.68. The van der Waals surface area contributed by atoms with E-state index in [1.807, 2.05) is 42.6 Å². The van der Waals surface area contributed by atoms with Gasteiger partial charge in [-0.15, -0.1) is 0 Å². The third-order valence-corrected chi connectivity index (χ3v) is 2.74.